The van der Waals surface area contributed by atoms with E-state index in [-0.39, 0.29) is 23.8 Å². The van der Waals surface area contributed by atoms with Crippen LogP contribution < -0.4 is 10.2 Å². The number of hydrogen-bond donors (Lipinski definition) is 1. The summed E-state index contributed by atoms with van der Waals surface area (Å²) in [6.45, 7) is 0.903. The summed E-state index contributed by atoms with van der Waals surface area (Å²) in [5.74, 6) is 1.40. The summed E-state index contributed by atoms with van der Waals surface area (Å²) in [6.07, 6.45) is 11.4. The van der Waals surface area contributed by atoms with Crippen molar-refractivity contribution < 1.29 is 9.32 Å². The normalized spacial score (nSPS) is 22.4. The quantitative estimate of drug-likeness (QED) is 0.827. The monoisotopic (exact) mass is 368 g/mol. The molecule has 1 unspecified atom stereocenters. The van der Waals surface area contributed by atoms with E-state index in [1.807, 2.05) is 0 Å². The minimum absolute atomic E-state index is 0.0257. The molecule has 27 heavy (non-hydrogen) atoms. The molecule has 2 aliphatic carbocycles. The Bertz CT molecular complexity index is 846. The van der Waals surface area contributed by atoms with Crippen LogP contribution in [0.3, 0.4) is 0 Å². The number of carbonyl (C=O) groups excluding carboxylic acids is 1. The molecule has 3 aliphatic rings. The number of nitrogens with one attached hydrogen (secondary N) is 1. The molecule has 8 nitrogen and oxygen atoms in total. The summed E-state index contributed by atoms with van der Waals surface area (Å²) in [7, 11) is 0. The fraction of sp³-hybridized carbons (Fsp3) is 0.632. The number of carbonyl (C=O) groups is 1. The molecule has 1 atom stereocenters. The van der Waals surface area contributed by atoms with Crippen LogP contribution in [0.1, 0.15) is 78.8 Å². The highest BCUT2D eigenvalue weighted by Gasteiger charge is 2.35. The van der Waals surface area contributed by atoms with Gasteiger partial charge in [-0.1, -0.05) is 11.6 Å². The predicted molar refractivity (Wildman–Crippen MR) is 97.4 cm³/mol. The lowest BCUT2D eigenvalue weighted by molar-refractivity contribution is 0.0937. The van der Waals surface area contributed by atoms with E-state index in [9.17, 15) is 4.79 Å². The van der Waals surface area contributed by atoms with Gasteiger partial charge in [0.15, 0.2) is 0 Å². The van der Waals surface area contributed by atoms with Gasteiger partial charge in [0.1, 0.15) is 18.2 Å². The van der Waals surface area contributed by atoms with Crippen molar-refractivity contribution in [3.8, 4) is 0 Å². The van der Waals surface area contributed by atoms with Gasteiger partial charge in [0.25, 0.3) is 11.7 Å². The average molecular weight is 368 g/mol. The maximum Gasteiger partial charge on any atom is 0.292 e. The van der Waals surface area contributed by atoms with Crippen LogP contribution in [0.15, 0.2) is 10.9 Å². The van der Waals surface area contributed by atoms with Crippen LogP contribution in [0.2, 0.25) is 0 Å². The Hall–Kier alpha value is -2.51. The average Bonchev–Trinajstić information content (AvgIpc) is 3.22. The minimum Gasteiger partial charge on any atom is -0.346 e. The molecule has 1 saturated carbocycles. The highest BCUT2D eigenvalue weighted by atomic mass is 16.5. The fourth-order valence-electron chi connectivity index (χ4n) is 4.15. The number of rotatable bonds is 4. The van der Waals surface area contributed by atoms with Gasteiger partial charge >= 0.3 is 0 Å². The van der Waals surface area contributed by atoms with Gasteiger partial charge in [-0.3, -0.25) is 4.79 Å². The molecule has 0 bridgehead atoms. The van der Waals surface area contributed by atoms with Gasteiger partial charge in [-0.25, -0.2) is 9.97 Å². The lowest BCUT2D eigenvalue weighted by Crippen LogP contribution is -2.27. The molecule has 142 valence electrons. The number of aromatic nitrogens is 4. The smallest absolute Gasteiger partial charge is 0.292 e. The van der Waals surface area contributed by atoms with Gasteiger partial charge in [-0.2, -0.15) is 4.98 Å². The highest BCUT2D eigenvalue weighted by molar-refractivity contribution is 5.90. The van der Waals surface area contributed by atoms with Crippen molar-refractivity contribution in [2.24, 2.45) is 0 Å². The van der Waals surface area contributed by atoms with E-state index >= 15 is 0 Å². The number of hydrogen-bond acceptors (Lipinski definition) is 7. The van der Waals surface area contributed by atoms with E-state index in [0.29, 0.717) is 5.89 Å². The summed E-state index contributed by atoms with van der Waals surface area (Å²) in [4.78, 5) is 28.0. The molecule has 0 radical (unpaired) electrons. The van der Waals surface area contributed by atoms with Gasteiger partial charge in [0.2, 0.25) is 5.89 Å². The van der Waals surface area contributed by atoms with Crippen molar-refractivity contribution in [2.75, 3.05) is 11.4 Å². The fourth-order valence-corrected chi connectivity index (χ4v) is 4.15. The van der Waals surface area contributed by atoms with Crippen molar-refractivity contribution in [3.05, 3.63) is 29.3 Å². The maximum absolute atomic E-state index is 12.2. The van der Waals surface area contributed by atoms with Crippen LogP contribution in [0.5, 0.6) is 0 Å². The molecular formula is C19H24N6O2. The topological polar surface area (TPSA) is 97.0 Å². The third-order valence-electron chi connectivity index (χ3n) is 5.72. The second-order valence-electron chi connectivity index (χ2n) is 7.74. The van der Waals surface area contributed by atoms with Crippen molar-refractivity contribution in [2.45, 2.75) is 69.9 Å². The summed E-state index contributed by atoms with van der Waals surface area (Å²) in [5, 5.41) is 6.82. The van der Waals surface area contributed by atoms with Gasteiger partial charge in [0.05, 0.1) is 0 Å². The molecule has 1 amide bonds. The standard InChI is InChI=1S/C19H24N6O2/c26-18(22-12-8-9-12)16-23-19(27-24-16)15-7-4-10-25(15)17-13-5-2-1-3-6-14(13)20-11-21-17/h11-12,15H,1-10H2,(H,22,26). The molecule has 8 heteroatoms. The lowest BCUT2D eigenvalue weighted by Gasteiger charge is -2.25. The third-order valence-corrected chi connectivity index (χ3v) is 5.72. The molecular weight excluding hydrogens is 344 g/mol. The zero-order valence-electron chi connectivity index (χ0n) is 15.4. The molecule has 0 spiro atoms. The Kier molecular flexibility index (Phi) is 4.26. The SMILES string of the molecule is O=C(NC1CC1)c1noc(C2CCCN2c2ncnc3c2CCCCC3)n1. The molecule has 1 aliphatic heterocycles. The Morgan fingerprint density at radius 3 is 2.89 bits per heavy atom. The molecule has 0 aromatic carbocycles. The van der Waals surface area contributed by atoms with Crippen LogP contribution in [-0.2, 0) is 12.8 Å². The lowest BCUT2D eigenvalue weighted by atomic mass is 10.1. The van der Waals surface area contributed by atoms with Gasteiger partial charge < -0.3 is 14.7 Å². The zero-order valence-corrected chi connectivity index (χ0v) is 15.4. The first-order valence-electron chi connectivity index (χ1n) is 10.0. The highest BCUT2D eigenvalue weighted by Crippen LogP contribution is 2.37. The third kappa shape index (κ3) is 3.28. The molecule has 2 aromatic rings. The Labute approximate surface area is 157 Å². The van der Waals surface area contributed by atoms with Crippen LogP contribution >= 0.6 is 0 Å². The Morgan fingerprint density at radius 1 is 1.11 bits per heavy atom. The van der Waals surface area contributed by atoms with E-state index in [2.05, 4.69) is 30.3 Å². The van der Waals surface area contributed by atoms with Crippen LogP contribution in [0, 0.1) is 0 Å². The molecule has 1 saturated heterocycles. The maximum atomic E-state index is 12.2. The molecule has 2 fully saturated rings. The first kappa shape index (κ1) is 16.6. The summed E-state index contributed by atoms with van der Waals surface area (Å²) in [6, 6.07) is 0.251. The Morgan fingerprint density at radius 2 is 2.00 bits per heavy atom. The van der Waals surface area contributed by atoms with Crippen molar-refractivity contribution in [3.63, 3.8) is 0 Å². The van der Waals surface area contributed by atoms with Crippen LogP contribution in [-0.4, -0.2) is 38.6 Å². The van der Waals surface area contributed by atoms with Crippen molar-refractivity contribution >= 4 is 11.7 Å². The van der Waals surface area contributed by atoms with Gasteiger partial charge in [0, 0.05) is 23.8 Å². The van der Waals surface area contributed by atoms with E-state index in [1.54, 1.807) is 6.33 Å². The number of amides is 1. The summed E-state index contributed by atoms with van der Waals surface area (Å²) >= 11 is 0. The van der Waals surface area contributed by atoms with E-state index in [0.717, 1.165) is 50.9 Å². The summed E-state index contributed by atoms with van der Waals surface area (Å²) in [5.41, 5.74) is 2.45. The largest absolute Gasteiger partial charge is 0.346 e. The van der Waals surface area contributed by atoms with Crippen LogP contribution in [0.4, 0.5) is 5.82 Å². The number of fused-ring (bicyclic) bond motifs is 1. The van der Waals surface area contributed by atoms with Gasteiger partial charge in [-0.15, -0.1) is 0 Å². The second kappa shape index (κ2) is 6.90. The molecule has 2 aromatic heterocycles. The molecule has 5 rings (SSSR count). The van der Waals surface area contributed by atoms with Crippen molar-refractivity contribution in [1.82, 2.24) is 25.4 Å². The first-order chi connectivity index (χ1) is 13.3. The number of aryl methyl sites for hydroxylation is 1. The summed E-state index contributed by atoms with van der Waals surface area (Å²) < 4.78 is 5.49. The number of nitrogens with zero attached hydrogens (tertiary/aromatic N) is 5. The second-order valence-corrected chi connectivity index (χ2v) is 7.74. The molecule has 1 N–H and O–H groups in total. The van der Waals surface area contributed by atoms with Crippen molar-refractivity contribution in [1.29, 1.82) is 0 Å². The Balaban J connectivity index is 1.41. The van der Waals surface area contributed by atoms with E-state index < -0.39 is 0 Å². The zero-order chi connectivity index (χ0) is 18.2. The van der Waals surface area contributed by atoms with E-state index in [4.69, 9.17) is 4.52 Å². The van der Waals surface area contributed by atoms with Gasteiger partial charge in [-0.05, 0) is 51.4 Å². The predicted octanol–water partition coefficient (Wildman–Crippen LogP) is 2.36. The van der Waals surface area contributed by atoms with Crippen LogP contribution in [0.25, 0.3) is 0 Å². The van der Waals surface area contributed by atoms with E-state index in [1.165, 1.54) is 30.5 Å². The number of anilines is 1. The minimum atomic E-state index is -0.243. The molecule has 3 heterocycles. The first-order valence-corrected chi connectivity index (χ1v) is 10.0.